The molecular formula is C10H14N4O4S. The van der Waals surface area contributed by atoms with E-state index >= 15 is 0 Å². The van der Waals surface area contributed by atoms with Crippen molar-refractivity contribution in [2.45, 2.75) is 18.6 Å². The number of nitrogens with zero attached hydrogens (tertiary/aromatic N) is 4. The first kappa shape index (κ1) is 13.5. The van der Waals surface area contributed by atoms with Crippen LogP contribution in [0.1, 0.15) is 6.92 Å². The van der Waals surface area contributed by atoms with E-state index in [4.69, 9.17) is 0 Å². The lowest BCUT2D eigenvalue weighted by Gasteiger charge is -2.05. The molecule has 0 unspecified atom stereocenters. The molecule has 2 aromatic rings. The van der Waals surface area contributed by atoms with E-state index in [1.54, 1.807) is 6.92 Å². The van der Waals surface area contributed by atoms with Gasteiger partial charge in [-0.3, -0.25) is 13.9 Å². The molecule has 9 heteroatoms. The van der Waals surface area contributed by atoms with Crippen molar-refractivity contribution in [3.63, 3.8) is 0 Å². The number of fused-ring (bicyclic) bond motifs is 1. The van der Waals surface area contributed by atoms with E-state index in [0.29, 0.717) is 0 Å². The monoisotopic (exact) mass is 286 g/mol. The summed E-state index contributed by atoms with van der Waals surface area (Å²) >= 11 is 0. The third-order valence-electron chi connectivity index (χ3n) is 2.97. The van der Waals surface area contributed by atoms with Crippen LogP contribution in [0.2, 0.25) is 0 Å². The quantitative estimate of drug-likeness (QED) is 0.695. The molecule has 0 radical (unpaired) electrons. The van der Waals surface area contributed by atoms with Crippen LogP contribution in [0.25, 0.3) is 11.2 Å². The first-order valence-electron chi connectivity index (χ1n) is 5.56. The number of aryl methyl sites for hydroxylation is 2. The van der Waals surface area contributed by atoms with Gasteiger partial charge in [-0.1, -0.05) is 0 Å². The summed E-state index contributed by atoms with van der Waals surface area (Å²) in [6.07, 6.45) is 1.00. The highest BCUT2D eigenvalue weighted by Gasteiger charge is 2.22. The molecular weight excluding hydrogens is 272 g/mol. The maximum atomic E-state index is 12.2. The zero-order valence-electron chi connectivity index (χ0n) is 11.0. The first-order valence-corrected chi connectivity index (χ1v) is 7.45. The molecule has 0 aromatic carbocycles. The summed E-state index contributed by atoms with van der Waals surface area (Å²) in [4.78, 5) is 28.0. The van der Waals surface area contributed by atoms with E-state index in [-0.39, 0.29) is 22.9 Å². The van der Waals surface area contributed by atoms with E-state index in [1.807, 2.05) is 0 Å². The molecule has 0 saturated heterocycles. The minimum absolute atomic E-state index is 0.0719. The molecule has 19 heavy (non-hydrogen) atoms. The van der Waals surface area contributed by atoms with Crippen LogP contribution in [0.3, 0.4) is 0 Å². The Bertz CT molecular complexity index is 885. The van der Waals surface area contributed by atoms with Gasteiger partial charge in [-0.2, -0.15) is 4.98 Å². The fourth-order valence-electron chi connectivity index (χ4n) is 2.03. The number of aromatic nitrogens is 4. The van der Waals surface area contributed by atoms with Crippen LogP contribution >= 0.6 is 0 Å². The Labute approximate surface area is 108 Å². The highest BCUT2D eigenvalue weighted by molar-refractivity contribution is 7.90. The standard InChI is InChI=1S/C10H14N4O4S/c1-5-14-8(15)6-7(13(3)10(14)16)11-9(12(6)2)19(4,17)18/h5H2,1-4H3. The Kier molecular flexibility index (Phi) is 2.89. The average molecular weight is 286 g/mol. The molecule has 8 nitrogen and oxygen atoms in total. The molecule has 0 N–H and O–H groups in total. The summed E-state index contributed by atoms with van der Waals surface area (Å²) in [5.41, 5.74) is -0.879. The van der Waals surface area contributed by atoms with Gasteiger partial charge in [-0.05, 0) is 6.92 Å². The summed E-state index contributed by atoms with van der Waals surface area (Å²) in [7, 11) is -0.677. The zero-order valence-corrected chi connectivity index (χ0v) is 11.9. The van der Waals surface area contributed by atoms with Crippen molar-refractivity contribution in [1.82, 2.24) is 18.7 Å². The van der Waals surface area contributed by atoms with E-state index in [9.17, 15) is 18.0 Å². The van der Waals surface area contributed by atoms with Crippen LogP contribution in [0.5, 0.6) is 0 Å². The van der Waals surface area contributed by atoms with Gasteiger partial charge < -0.3 is 4.57 Å². The van der Waals surface area contributed by atoms with Gasteiger partial charge >= 0.3 is 5.69 Å². The second-order valence-electron chi connectivity index (χ2n) is 4.29. The molecule has 0 spiro atoms. The van der Waals surface area contributed by atoms with Gasteiger partial charge in [0.05, 0.1) is 0 Å². The van der Waals surface area contributed by atoms with Gasteiger partial charge in [0, 0.05) is 26.9 Å². The Morgan fingerprint density at radius 3 is 2.21 bits per heavy atom. The number of sulfone groups is 1. The minimum atomic E-state index is -3.57. The van der Waals surface area contributed by atoms with Crippen LogP contribution in [0.4, 0.5) is 0 Å². The Morgan fingerprint density at radius 1 is 1.16 bits per heavy atom. The van der Waals surface area contributed by atoms with Crippen molar-refractivity contribution in [2.24, 2.45) is 14.1 Å². The van der Waals surface area contributed by atoms with Crippen molar-refractivity contribution in [1.29, 1.82) is 0 Å². The van der Waals surface area contributed by atoms with Crippen molar-refractivity contribution in [3.05, 3.63) is 20.8 Å². The van der Waals surface area contributed by atoms with Gasteiger partial charge in [-0.25, -0.2) is 13.2 Å². The third kappa shape index (κ3) is 1.81. The van der Waals surface area contributed by atoms with Crippen LogP contribution in [-0.4, -0.2) is 33.4 Å². The van der Waals surface area contributed by atoms with Crippen molar-refractivity contribution < 1.29 is 8.42 Å². The molecule has 0 bridgehead atoms. The zero-order chi connectivity index (χ0) is 14.5. The Balaban J connectivity index is 3.15. The van der Waals surface area contributed by atoms with Gasteiger partial charge in [0.15, 0.2) is 11.2 Å². The third-order valence-corrected chi connectivity index (χ3v) is 4.00. The Morgan fingerprint density at radius 2 is 1.74 bits per heavy atom. The molecule has 0 aliphatic rings. The lowest BCUT2D eigenvalue weighted by atomic mass is 10.5. The minimum Gasteiger partial charge on any atom is -0.312 e. The average Bonchev–Trinajstić information content (AvgIpc) is 2.65. The number of rotatable bonds is 2. The topological polar surface area (TPSA) is 96.0 Å². The van der Waals surface area contributed by atoms with Crippen molar-refractivity contribution >= 4 is 21.0 Å². The van der Waals surface area contributed by atoms with Gasteiger partial charge in [0.25, 0.3) is 5.56 Å². The van der Waals surface area contributed by atoms with Crippen LogP contribution < -0.4 is 11.2 Å². The molecule has 0 amide bonds. The summed E-state index contributed by atoms with van der Waals surface area (Å²) in [6, 6.07) is 0. The molecule has 0 atom stereocenters. The summed E-state index contributed by atoms with van der Waals surface area (Å²) in [5.74, 6) is 0. The van der Waals surface area contributed by atoms with E-state index in [2.05, 4.69) is 4.98 Å². The van der Waals surface area contributed by atoms with Gasteiger partial charge in [0.1, 0.15) is 0 Å². The summed E-state index contributed by atoms with van der Waals surface area (Å²) in [5, 5.41) is -0.233. The van der Waals surface area contributed by atoms with Crippen LogP contribution in [0.15, 0.2) is 14.7 Å². The predicted molar refractivity (Wildman–Crippen MR) is 69.0 cm³/mol. The second kappa shape index (κ2) is 4.05. The fourth-order valence-corrected chi connectivity index (χ4v) is 2.88. The highest BCUT2D eigenvalue weighted by Crippen LogP contribution is 2.13. The molecule has 2 heterocycles. The summed E-state index contributed by atoms with van der Waals surface area (Å²) in [6.45, 7) is 1.88. The van der Waals surface area contributed by atoms with Crippen molar-refractivity contribution in [2.75, 3.05) is 6.26 Å². The van der Waals surface area contributed by atoms with Crippen LogP contribution in [-0.2, 0) is 30.5 Å². The van der Waals surface area contributed by atoms with E-state index in [1.165, 1.54) is 23.2 Å². The highest BCUT2D eigenvalue weighted by atomic mass is 32.2. The molecule has 2 aromatic heterocycles. The first-order chi connectivity index (χ1) is 8.70. The number of imidazole rings is 1. The maximum absolute atomic E-state index is 12.2. The number of hydrogen-bond donors (Lipinski definition) is 0. The number of hydrogen-bond acceptors (Lipinski definition) is 5. The SMILES string of the molecule is CCn1c(=O)c2c(nc(S(C)(=O)=O)n2C)n(C)c1=O. The largest absolute Gasteiger partial charge is 0.332 e. The molecule has 0 fully saturated rings. The van der Waals surface area contributed by atoms with Crippen molar-refractivity contribution in [3.8, 4) is 0 Å². The second-order valence-corrected chi connectivity index (χ2v) is 6.20. The summed E-state index contributed by atoms with van der Waals surface area (Å²) < 4.78 is 26.6. The van der Waals surface area contributed by atoms with Crippen LogP contribution in [0, 0.1) is 0 Å². The van der Waals surface area contributed by atoms with E-state index in [0.717, 1.165) is 10.8 Å². The molecule has 0 aliphatic heterocycles. The van der Waals surface area contributed by atoms with E-state index < -0.39 is 21.1 Å². The Hall–Kier alpha value is -1.90. The van der Waals surface area contributed by atoms with Gasteiger partial charge in [-0.15, -0.1) is 0 Å². The molecule has 0 aliphatic carbocycles. The lowest BCUT2D eigenvalue weighted by molar-refractivity contribution is 0.586. The molecule has 104 valence electrons. The lowest BCUT2D eigenvalue weighted by Crippen LogP contribution is -2.39. The normalized spacial score (nSPS) is 12.2. The molecule has 2 rings (SSSR count). The molecule has 0 saturated carbocycles. The fraction of sp³-hybridized carbons (Fsp3) is 0.500. The van der Waals surface area contributed by atoms with Gasteiger partial charge in [0.2, 0.25) is 15.0 Å². The predicted octanol–water partition coefficient (Wildman–Crippen LogP) is -1.14. The maximum Gasteiger partial charge on any atom is 0.332 e. The smallest absolute Gasteiger partial charge is 0.312 e.